The molecule has 1 aliphatic rings. The Morgan fingerprint density at radius 1 is 0.833 bits per heavy atom. The van der Waals surface area contributed by atoms with Gasteiger partial charge < -0.3 is 18.9 Å². The number of carbonyl (C=O) groups is 3. The van der Waals surface area contributed by atoms with Crippen molar-refractivity contribution in [2.45, 2.75) is 163 Å². The van der Waals surface area contributed by atoms with E-state index in [0.717, 1.165) is 31.9 Å². The molecule has 2 rings (SSSR count). The van der Waals surface area contributed by atoms with Crippen LogP contribution in [0.2, 0.25) is 0 Å². The van der Waals surface area contributed by atoms with Crippen molar-refractivity contribution in [1.82, 2.24) is 9.55 Å². The number of phosphoric acid groups is 1. The first kappa shape index (κ1) is 47.4. The summed E-state index contributed by atoms with van der Waals surface area (Å²) >= 11 is 0. The molecule has 0 spiro atoms. The molecule has 0 saturated carbocycles. The van der Waals surface area contributed by atoms with Crippen LogP contribution in [0.1, 0.15) is 144 Å². The highest BCUT2D eigenvalue weighted by Crippen LogP contribution is 2.52. The summed E-state index contributed by atoms with van der Waals surface area (Å²) in [4.78, 5) is 53.7. The van der Waals surface area contributed by atoms with E-state index < -0.39 is 86.8 Å². The molecule has 0 N–H and O–H groups in total. The number of rotatable bonds is 24. The van der Waals surface area contributed by atoms with Gasteiger partial charge in [-0.2, -0.15) is 13.8 Å². The first-order valence-electron chi connectivity index (χ1n) is 18.9. The van der Waals surface area contributed by atoms with Gasteiger partial charge in [-0.3, -0.25) is 23.5 Å². The Balaban J connectivity index is 2.13. The topological polar surface area (TPSA) is 168 Å². The van der Waals surface area contributed by atoms with Gasteiger partial charge >= 0.3 is 37.3 Å². The van der Waals surface area contributed by atoms with Gasteiger partial charge in [0.25, 0.3) is 0 Å². The number of phosphoric ester groups is 1. The molecule has 310 valence electrons. The zero-order chi connectivity index (χ0) is 40.6. The van der Waals surface area contributed by atoms with E-state index in [-0.39, 0.29) is 12.1 Å². The van der Waals surface area contributed by atoms with Crippen molar-refractivity contribution in [2.24, 2.45) is 10.8 Å². The molecule has 1 aromatic rings. The lowest BCUT2D eigenvalue weighted by Crippen LogP contribution is -2.44. The molecule has 0 radical (unpaired) electrons. The number of nitrogens with zero attached hydrogens (tertiary/aromatic N) is 2. The molecule has 0 aromatic carbocycles. The minimum Gasteiger partial charge on any atom is -0.453 e. The van der Waals surface area contributed by atoms with E-state index in [1.54, 1.807) is 41.5 Å². The molecule has 0 aliphatic carbocycles. The number of esters is 3. The molecule has 1 aromatic heterocycles. The summed E-state index contributed by atoms with van der Waals surface area (Å²) in [5.41, 5.74) is -2.68. The largest absolute Gasteiger partial charge is 0.480 e. The Morgan fingerprint density at radius 3 is 1.78 bits per heavy atom. The fourth-order valence-electron chi connectivity index (χ4n) is 5.23. The van der Waals surface area contributed by atoms with Gasteiger partial charge in [0.05, 0.1) is 17.4 Å². The third-order valence-corrected chi connectivity index (χ3v) is 9.80. The molecule has 54 heavy (non-hydrogen) atoms. The van der Waals surface area contributed by atoms with E-state index in [4.69, 9.17) is 32.5 Å². The molecule has 0 unspecified atom stereocenters. The van der Waals surface area contributed by atoms with Crippen molar-refractivity contribution in [3.8, 4) is 0 Å². The number of halogens is 2. The Morgan fingerprint density at radius 2 is 1.31 bits per heavy atom. The average Bonchev–Trinajstić information content (AvgIpc) is 3.31. The third kappa shape index (κ3) is 16.1. The Labute approximate surface area is 317 Å². The number of aromatic nitrogens is 2. The van der Waals surface area contributed by atoms with Gasteiger partial charge in [-0.1, -0.05) is 77.6 Å². The van der Waals surface area contributed by atoms with Crippen LogP contribution in [0, 0.1) is 17.8 Å². The molecule has 14 nitrogen and oxygen atoms in total. The van der Waals surface area contributed by atoms with Gasteiger partial charge in [0.15, 0.2) is 6.10 Å². The maximum atomic E-state index is 16.1. The number of hydrogen-bond donors (Lipinski definition) is 0. The summed E-state index contributed by atoms with van der Waals surface area (Å²) < 4.78 is 82.7. The summed E-state index contributed by atoms with van der Waals surface area (Å²) in [6.07, 6.45) is 7.28. The van der Waals surface area contributed by atoms with Crippen molar-refractivity contribution in [3.63, 3.8) is 0 Å². The van der Waals surface area contributed by atoms with Gasteiger partial charge in [0, 0.05) is 18.3 Å². The summed E-state index contributed by atoms with van der Waals surface area (Å²) in [6.45, 7) is 10.2. The second-order valence-electron chi connectivity index (χ2n) is 15.6. The molecule has 1 aliphatic heterocycles. The average molecular weight is 795 g/mol. The minimum atomic E-state index is -4.84. The lowest BCUT2D eigenvalue weighted by molar-refractivity contribution is -0.176. The SMILES string of the molecule is CCCCCCCCCCCCCCC(=O)O[C@@H]1[C@@H](COP(=O)(OCOC(=O)C(C)(C)C)OCOC(=O)C(C)(C)C)O[C@@H](n2ccc(C)nc2=O)C1(F)F. The maximum Gasteiger partial charge on any atom is 0.480 e. The molecule has 1 saturated heterocycles. The molecular formula is C37H61F2N2O12P. The molecule has 3 atom stereocenters. The highest BCUT2D eigenvalue weighted by molar-refractivity contribution is 7.48. The van der Waals surface area contributed by atoms with Crippen LogP contribution in [0.15, 0.2) is 17.1 Å². The predicted octanol–water partition coefficient (Wildman–Crippen LogP) is 8.34. The lowest BCUT2D eigenvalue weighted by Gasteiger charge is -2.25. The van der Waals surface area contributed by atoms with Gasteiger partial charge in [0.1, 0.15) is 6.10 Å². The van der Waals surface area contributed by atoms with E-state index in [0.29, 0.717) is 17.4 Å². The number of ether oxygens (including phenoxy) is 4. The predicted molar refractivity (Wildman–Crippen MR) is 194 cm³/mol. The summed E-state index contributed by atoms with van der Waals surface area (Å²) in [5, 5.41) is 0. The van der Waals surface area contributed by atoms with E-state index in [1.807, 2.05) is 0 Å². The summed E-state index contributed by atoms with van der Waals surface area (Å²) in [6, 6.07) is 1.33. The second-order valence-corrected chi connectivity index (χ2v) is 17.3. The van der Waals surface area contributed by atoms with Crippen LogP contribution in [0.5, 0.6) is 0 Å². The standard InChI is InChI=1S/C37H61F2N2O12P/c1-9-10-11-12-13-14-15-16-17-18-19-20-21-29(42)53-30-28(52-31(37(30,38)39)41-23-22-27(2)40-34(41)45)24-49-54(46,50-25-47-32(43)35(3,4)5)51-26-48-33(44)36(6,7)8/h22-23,28,30-31H,9-21,24-26H2,1-8H3/t28-,30-,31-/m1/s1. The fourth-order valence-corrected chi connectivity index (χ4v) is 6.15. The van der Waals surface area contributed by atoms with E-state index in [1.165, 1.54) is 51.5 Å². The molecular weight excluding hydrogens is 733 g/mol. The molecule has 2 heterocycles. The highest BCUT2D eigenvalue weighted by Gasteiger charge is 2.63. The minimum absolute atomic E-state index is 0.142. The van der Waals surface area contributed by atoms with Crippen LogP contribution in [-0.4, -0.2) is 65.8 Å². The van der Waals surface area contributed by atoms with Gasteiger partial charge in [-0.25, -0.2) is 18.4 Å². The summed E-state index contributed by atoms with van der Waals surface area (Å²) in [7, 11) is -4.84. The van der Waals surface area contributed by atoms with Gasteiger partial charge in [-0.05, 0) is 61.0 Å². The third-order valence-electron chi connectivity index (χ3n) is 8.49. The molecule has 0 amide bonds. The zero-order valence-corrected chi connectivity index (χ0v) is 34.1. The number of hydrogen-bond acceptors (Lipinski definition) is 13. The zero-order valence-electron chi connectivity index (χ0n) is 33.2. The van der Waals surface area contributed by atoms with Gasteiger partial charge in [0.2, 0.25) is 19.8 Å². The van der Waals surface area contributed by atoms with Crippen molar-refractivity contribution >= 4 is 25.7 Å². The van der Waals surface area contributed by atoms with Crippen LogP contribution in [0.3, 0.4) is 0 Å². The number of aryl methyl sites for hydroxylation is 1. The van der Waals surface area contributed by atoms with Crippen LogP contribution in [-0.2, 0) is 51.5 Å². The normalized spacial score (nSPS) is 18.7. The van der Waals surface area contributed by atoms with Crippen LogP contribution < -0.4 is 5.69 Å². The Hall–Kier alpha value is -2.78. The number of alkyl halides is 2. The van der Waals surface area contributed by atoms with E-state index in [2.05, 4.69) is 11.9 Å². The first-order valence-corrected chi connectivity index (χ1v) is 20.3. The molecule has 17 heteroatoms. The Kier molecular flexibility index (Phi) is 19.4. The van der Waals surface area contributed by atoms with E-state index in [9.17, 15) is 23.7 Å². The van der Waals surface area contributed by atoms with Crippen LogP contribution in [0.25, 0.3) is 0 Å². The van der Waals surface area contributed by atoms with Crippen LogP contribution in [0.4, 0.5) is 8.78 Å². The van der Waals surface area contributed by atoms with Gasteiger partial charge in [-0.15, -0.1) is 0 Å². The van der Waals surface area contributed by atoms with Crippen molar-refractivity contribution in [3.05, 3.63) is 28.4 Å². The quantitative estimate of drug-likeness (QED) is 0.0322. The van der Waals surface area contributed by atoms with Crippen molar-refractivity contribution in [2.75, 3.05) is 20.2 Å². The summed E-state index contributed by atoms with van der Waals surface area (Å²) in [5.74, 6) is -6.37. The molecule has 0 bridgehead atoms. The maximum absolute atomic E-state index is 16.1. The Bertz CT molecular complexity index is 1410. The molecule has 1 fully saturated rings. The fraction of sp³-hybridized carbons (Fsp3) is 0.811. The highest BCUT2D eigenvalue weighted by atomic mass is 31.2. The monoisotopic (exact) mass is 794 g/mol. The number of carbonyl (C=O) groups excluding carboxylic acids is 3. The lowest BCUT2D eigenvalue weighted by atomic mass is 9.98. The second kappa shape index (κ2) is 22.1. The van der Waals surface area contributed by atoms with Crippen molar-refractivity contribution < 1.29 is 60.2 Å². The van der Waals surface area contributed by atoms with Crippen LogP contribution >= 0.6 is 7.82 Å². The van der Waals surface area contributed by atoms with E-state index >= 15 is 8.78 Å². The number of unbranched alkanes of at least 4 members (excludes halogenated alkanes) is 11. The van der Waals surface area contributed by atoms with Crippen molar-refractivity contribution in [1.29, 1.82) is 0 Å². The smallest absolute Gasteiger partial charge is 0.453 e. The first-order chi connectivity index (χ1) is 25.2.